The molecular weight excluding hydrogens is 307 g/mol. The Kier molecular flexibility index (Phi) is 4.04. The molecule has 0 saturated heterocycles. The standard InChI is InChI=1S/C13H13FN6O3/c1-19-13(21)20(18-17-19)10-3-2-4-11(23-8-14)9(10)7-22-12-5-6-15-16-12/h2-6H,7-8H2,1H3,(H,15,16). The minimum Gasteiger partial charge on any atom is -0.473 e. The molecule has 0 saturated carbocycles. The molecule has 0 atom stereocenters. The molecule has 0 aliphatic carbocycles. The fraction of sp³-hybridized carbons (Fsp3) is 0.231. The van der Waals surface area contributed by atoms with Crippen molar-refractivity contribution < 1.29 is 13.9 Å². The van der Waals surface area contributed by atoms with Crippen molar-refractivity contribution in [2.75, 3.05) is 6.86 Å². The third kappa shape index (κ3) is 2.91. The average molecular weight is 320 g/mol. The van der Waals surface area contributed by atoms with E-state index >= 15 is 0 Å². The van der Waals surface area contributed by atoms with Crippen molar-refractivity contribution in [2.45, 2.75) is 6.61 Å². The van der Waals surface area contributed by atoms with E-state index < -0.39 is 12.6 Å². The van der Waals surface area contributed by atoms with E-state index in [1.165, 1.54) is 13.2 Å². The second kappa shape index (κ2) is 6.30. The maximum absolute atomic E-state index is 12.6. The van der Waals surface area contributed by atoms with Gasteiger partial charge in [-0.25, -0.2) is 14.3 Å². The topological polar surface area (TPSA) is 99.8 Å². The van der Waals surface area contributed by atoms with E-state index in [2.05, 4.69) is 20.6 Å². The zero-order valence-corrected chi connectivity index (χ0v) is 12.1. The number of tetrazole rings is 1. The van der Waals surface area contributed by atoms with Gasteiger partial charge in [0.15, 0.2) is 0 Å². The molecule has 2 heterocycles. The molecule has 120 valence electrons. The van der Waals surface area contributed by atoms with Gasteiger partial charge in [0, 0.05) is 13.1 Å². The molecule has 9 nitrogen and oxygen atoms in total. The number of rotatable bonds is 6. The molecule has 0 fully saturated rings. The first-order valence-electron chi connectivity index (χ1n) is 6.63. The number of H-pyrrole nitrogens is 1. The molecule has 2 aromatic heterocycles. The summed E-state index contributed by atoms with van der Waals surface area (Å²) >= 11 is 0. The Morgan fingerprint density at radius 2 is 2.13 bits per heavy atom. The van der Waals surface area contributed by atoms with Gasteiger partial charge in [-0.3, -0.25) is 0 Å². The van der Waals surface area contributed by atoms with Crippen LogP contribution in [-0.2, 0) is 13.7 Å². The van der Waals surface area contributed by atoms with Crippen LogP contribution in [0, 0.1) is 0 Å². The molecule has 23 heavy (non-hydrogen) atoms. The second-order valence-corrected chi connectivity index (χ2v) is 4.51. The van der Waals surface area contributed by atoms with E-state index in [0.717, 1.165) is 9.36 Å². The number of aryl methyl sites for hydroxylation is 1. The lowest BCUT2D eigenvalue weighted by Gasteiger charge is -2.13. The maximum atomic E-state index is 12.6. The molecule has 0 amide bonds. The van der Waals surface area contributed by atoms with E-state index in [1.54, 1.807) is 24.3 Å². The van der Waals surface area contributed by atoms with Gasteiger partial charge in [-0.15, -0.1) is 0 Å². The van der Waals surface area contributed by atoms with Gasteiger partial charge >= 0.3 is 5.69 Å². The van der Waals surface area contributed by atoms with Crippen LogP contribution in [0.3, 0.4) is 0 Å². The molecule has 0 spiro atoms. The first kappa shape index (κ1) is 14.8. The van der Waals surface area contributed by atoms with E-state index in [4.69, 9.17) is 9.47 Å². The predicted molar refractivity (Wildman–Crippen MR) is 76.1 cm³/mol. The number of aromatic nitrogens is 6. The summed E-state index contributed by atoms with van der Waals surface area (Å²) in [5, 5.41) is 13.9. The van der Waals surface area contributed by atoms with Crippen LogP contribution in [0.4, 0.5) is 4.39 Å². The summed E-state index contributed by atoms with van der Waals surface area (Å²) in [4.78, 5) is 12.1. The van der Waals surface area contributed by atoms with Crippen LogP contribution in [0.2, 0.25) is 0 Å². The second-order valence-electron chi connectivity index (χ2n) is 4.51. The number of nitrogens with one attached hydrogen (secondary N) is 1. The van der Waals surface area contributed by atoms with Crippen molar-refractivity contribution in [3.8, 4) is 17.3 Å². The summed E-state index contributed by atoms with van der Waals surface area (Å²) < 4.78 is 25.3. The van der Waals surface area contributed by atoms with Crippen LogP contribution in [0.5, 0.6) is 11.6 Å². The van der Waals surface area contributed by atoms with Crippen LogP contribution in [-0.4, -0.2) is 36.8 Å². The quantitative estimate of drug-likeness (QED) is 0.713. The van der Waals surface area contributed by atoms with Gasteiger partial charge in [-0.2, -0.15) is 14.5 Å². The number of benzene rings is 1. The van der Waals surface area contributed by atoms with Crippen LogP contribution < -0.4 is 15.2 Å². The van der Waals surface area contributed by atoms with Crippen LogP contribution >= 0.6 is 0 Å². The molecule has 0 unspecified atom stereocenters. The van der Waals surface area contributed by atoms with Crippen LogP contribution in [0.25, 0.3) is 5.69 Å². The van der Waals surface area contributed by atoms with Crippen molar-refractivity contribution >= 4 is 0 Å². The van der Waals surface area contributed by atoms with Gasteiger partial charge in [0.1, 0.15) is 12.4 Å². The number of halogens is 1. The smallest absolute Gasteiger partial charge is 0.368 e. The molecule has 3 aromatic rings. The lowest BCUT2D eigenvalue weighted by molar-refractivity contribution is 0.185. The minimum atomic E-state index is -1.00. The Morgan fingerprint density at radius 3 is 2.78 bits per heavy atom. The van der Waals surface area contributed by atoms with E-state index in [1.807, 2.05) is 0 Å². The van der Waals surface area contributed by atoms with Gasteiger partial charge in [0.25, 0.3) is 0 Å². The Labute approximate surface area is 129 Å². The first-order valence-corrected chi connectivity index (χ1v) is 6.63. The molecule has 10 heteroatoms. The Hall–Kier alpha value is -3.17. The van der Waals surface area contributed by atoms with Crippen LogP contribution in [0.15, 0.2) is 35.3 Å². The third-order valence-corrected chi connectivity index (χ3v) is 3.12. The number of hydrogen-bond acceptors (Lipinski definition) is 6. The summed E-state index contributed by atoms with van der Waals surface area (Å²) in [6.07, 6.45) is 1.54. The molecule has 3 rings (SSSR count). The van der Waals surface area contributed by atoms with Gasteiger partial charge < -0.3 is 9.47 Å². The predicted octanol–water partition coefficient (Wildman–Crippen LogP) is 0.574. The lowest BCUT2D eigenvalue weighted by atomic mass is 10.1. The number of alkyl halides is 1. The summed E-state index contributed by atoms with van der Waals surface area (Å²) in [5.74, 6) is 0.680. The molecule has 1 aromatic carbocycles. The van der Waals surface area contributed by atoms with Gasteiger partial charge in [0.2, 0.25) is 12.7 Å². The monoisotopic (exact) mass is 320 g/mol. The van der Waals surface area contributed by atoms with Crippen molar-refractivity contribution in [1.29, 1.82) is 0 Å². The highest BCUT2D eigenvalue weighted by Crippen LogP contribution is 2.26. The fourth-order valence-electron chi connectivity index (χ4n) is 2.03. The highest BCUT2D eigenvalue weighted by atomic mass is 19.1. The Morgan fingerprint density at radius 1 is 1.26 bits per heavy atom. The fourth-order valence-corrected chi connectivity index (χ4v) is 2.03. The van der Waals surface area contributed by atoms with Crippen molar-refractivity contribution in [3.63, 3.8) is 0 Å². The molecule has 0 radical (unpaired) electrons. The van der Waals surface area contributed by atoms with E-state index in [-0.39, 0.29) is 12.4 Å². The van der Waals surface area contributed by atoms with E-state index in [0.29, 0.717) is 17.1 Å². The molecule has 0 aliphatic rings. The Balaban J connectivity index is 2.02. The zero-order valence-electron chi connectivity index (χ0n) is 12.1. The summed E-state index contributed by atoms with van der Waals surface area (Å²) in [6.45, 7) is -0.980. The highest BCUT2D eigenvalue weighted by Gasteiger charge is 2.16. The summed E-state index contributed by atoms with van der Waals surface area (Å²) in [7, 11) is 1.48. The minimum absolute atomic E-state index is 0.0245. The van der Waals surface area contributed by atoms with Crippen LogP contribution in [0.1, 0.15) is 5.56 Å². The van der Waals surface area contributed by atoms with E-state index in [9.17, 15) is 9.18 Å². The van der Waals surface area contributed by atoms with Crippen molar-refractivity contribution in [2.24, 2.45) is 7.05 Å². The third-order valence-electron chi connectivity index (χ3n) is 3.12. The SMILES string of the molecule is Cn1nnn(-c2cccc(OCF)c2COc2ccn[nH]2)c1=O. The molecular formula is C13H13FN6O3. The summed E-state index contributed by atoms with van der Waals surface area (Å²) in [6, 6.07) is 6.48. The molecule has 1 N–H and O–H groups in total. The number of nitrogens with zero attached hydrogens (tertiary/aromatic N) is 5. The van der Waals surface area contributed by atoms with Crippen molar-refractivity contribution in [3.05, 3.63) is 46.5 Å². The van der Waals surface area contributed by atoms with Gasteiger partial charge in [-0.05, 0) is 22.6 Å². The summed E-state index contributed by atoms with van der Waals surface area (Å²) in [5.41, 5.74) is 0.418. The Bertz CT molecular complexity index is 842. The van der Waals surface area contributed by atoms with Gasteiger partial charge in [0.05, 0.1) is 17.4 Å². The lowest BCUT2D eigenvalue weighted by Crippen LogP contribution is -2.23. The largest absolute Gasteiger partial charge is 0.473 e. The maximum Gasteiger partial charge on any atom is 0.368 e. The van der Waals surface area contributed by atoms with Crippen molar-refractivity contribution in [1.82, 2.24) is 30.0 Å². The molecule has 0 bridgehead atoms. The number of ether oxygens (including phenoxy) is 2. The number of hydrogen-bond donors (Lipinski definition) is 1. The average Bonchev–Trinajstić information content (AvgIpc) is 3.18. The van der Waals surface area contributed by atoms with Gasteiger partial charge in [-0.1, -0.05) is 6.07 Å². The first-order chi connectivity index (χ1) is 11.2. The normalized spacial score (nSPS) is 10.7. The molecule has 0 aliphatic heterocycles. The zero-order chi connectivity index (χ0) is 16.2. The number of aromatic amines is 1. The highest BCUT2D eigenvalue weighted by molar-refractivity contribution is 5.49.